The van der Waals surface area contributed by atoms with Gasteiger partial charge in [-0.25, -0.2) is 13.8 Å². The number of carbonyl (C=O) groups excluding carboxylic acids is 1. The zero-order valence-electron chi connectivity index (χ0n) is 22.0. The molecule has 1 heterocycles. The summed E-state index contributed by atoms with van der Waals surface area (Å²) in [6.07, 6.45) is -1.72. The number of alkyl halides is 1. The summed E-state index contributed by atoms with van der Waals surface area (Å²) in [7, 11) is 0. The van der Waals surface area contributed by atoms with Crippen LogP contribution in [-0.4, -0.2) is 48.0 Å². The van der Waals surface area contributed by atoms with Crippen LogP contribution in [0.1, 0.15) is 43.2 Å². The molecule has 0 aliphatic heterocycles. The molecule has 1 N–H and O–H groups in total. The predicted octanol–water partition coefficient (Wildman–Crippen LogP) is 5.61. The van der Waals surface area contributed by atoms with Crippen molar-refractivity contribution in [1.29, 1.82) is 0 Å². The molecule has 10 heteroatoms. The Morgan fingerprint density at radius 2 is 1.77 bits per heavy atom. The lowest BCUT2D eigenvalue weighted by molar-refractivity contribution is -0.148. The molecular weight excluding hydrogens is 512 g/mol. The highest BCUT2D eigenvalue weighted by Crippen LogP contribution is 2.29. The number of esters is 1. The lowest BCUT2D eigenvalue weighted by Gasteiger charge is -2.16. The van der Waals surface area contributed by atoms with E-state index in [2.05, 4.69) is 4.98 Å². The Labute approximate surface area is 225 Å². The van der Waals surface area contributed by atoms with E-state index in [9.17, 15) is 18.4 Å². The lowest BCUT2D eigenvalue weighted by atomic mass is 10.0. The van der Waals surface area contributed by atoms with Crippen molar-refractivity contribution in [1.82, 2.24) is 4.98 Å². The third-order valence-electron chi connectivity index (χ3n) is 5.69. The average molecular weight is 544 g/mol. The number of rotatable bonds is 14. The summed E-state index contributed by atoms with van der Waals surface area (Å²) in [4.78, 5) is 26.5. The van der Waals surface area contributed by atoms with Crippen molar-refractivity contribution >= 4 is 11.9 Å². The van der Waals surface area contributed by atoms with Crippen LogP contribution in [0.15, 0.2) is 54.6 Å². The monoisotopic (exact) mass is 543 g/mol. The first-order valence-electron chi connectivity index (χ1n) is 12.4. The van der Waals surface area contributed by atoms with Gasteiger partial charge in [0, 0.05) is 36.4 Å². The average Bonchev–Trinajstić information content (AvgIpc) is 2.90. The summed E-state index contributed by atoms with van der Waals surface area (Å²) in [6.45, 7) is 4.17. The summed E-state index contributed by atoms with van der Waals surface area (Å²) in [5.41, 5.74) is 2.83. The van der Waals surface area contributed by atoms with Crippen molar-refractivity contribution in [3.05, 3.63) is 77.2 Å². The highest BCUT2D eigenvalue weighted by Gasteiger charge is 2.17. The Bertz CT molecular complexity index is 1270. The van der Waals surface area contributed by atoms with Crippen molar-refractivity contribution in [3.63, 3.8) is 0 Å². The number of nitrogens with zero attached hydrogens (tertiary/aromatic N) is 1. The Morgan fingerprint density at radius 3 is 2.38 bits per heavy atom. The van der Waals surface area contributed by atoms with E-state index in [1.54, 1.807) is 56.3 Å². The number of aliphatic carboxylic acids is 1. The van der Waals surface area contributed by atoms with Gasteiger partial charge < -0.3 is 24.1 Å². The van der Waals surface area contributed by atoms with Crippen LogP contribution >= 0.6 is 0 Å². The number of aryl methyl sites for hydroxylation is 1. The van der Waals surface area contributed by atoms with Gasteiger partial charge in [0.15, 0.2) is 6.10 Å². The van der Waals surface area contributed by atoms with E-state index in [-0.39, 0.29) is 25.5 Å². The van der Waals surface area contributed by atoms with Crippen LogP contribution in [0.4, 0.5) is 8.78 Å². The Morgan fingerprint density at radius 1 is 1.03 bits per heavy atom. The molecule has 208 valence electrons. The van der Waals surface area contributed by atoms with Crippen molar-refractivity contribution < 1.29 is 42.4 Å². The van der Waals surface area contributed by atoms with Crippen LogP contribution in [0.2, 0.25) is 0 Å². The van der Waals surface area contributed by atoms with Gasteiger partial charge in [0.05, 0.1) is 12.5 Å². The van der Waals surface area contributed by atoms with Crippen LogP contribution in [0, 0.1) is 12.7 Å². The largest absolute Gasteiger partial charge is 0.489 e. The first-order valence-corrected chi connectivity index (χ1v) is 12.4. The maximum atomic E-state index is 14.7. The Kier molecular flexibility index (Phi) is 10.7. The first kappa shape index (κ1) is 29.5. The van der Waals surface area contributed by atoms with Gasteiger partial charge in [0.2, 0.25) is 5.88 Å². The number of carboxylic acid groups (broad SMARTS) is 1. The standard InChI is InChI=1S/C29H31F2NO7/c1-4-36-27(14-29(34)35)21-6-8-22(9-7-21)37-16-20-5-11-26(31)25(13-20)24-10-12-28(32-18(24)2)38-17-23(15-30)39-19(3)33/h5-13,23,27H,4,14-17H2,1-3H3,(H,34,35)/t23-,27+/m1/s1. The number of hydrogen-bond donors (Lipinski definition) is 1. The maximum Gasteiger partial charge on any atom is 0.306 e. The number of hydrogen-bond acceptors (Lipinski definition) is 7. The third kappa shape index (κ3) is 8.75. The number of carboxylic acids is 1. The van der Waals surface area contributed by atoms with E-state index in [4.69, 9.17) is 24.1 Å². The van der Waals surface area contributed by atoms with Gasteiger partial charge >= 0.3 is 11.9 Å². The summed E-state index contributed by atoms with van der Waals surface area (Å²) >= 11 is 0. The molecule has 0 aliphatic carbocycles. The minimum atomic E-state index is -1.04. The second kappa shape index (κ2) is 14.2. The van der Waals surface area contributed by atoms with Gasteiger partial charge in [-0.2, -0.15) is 0 Å². The molecule has 0 saturated heterocycles. The molecule has 2 atom stereocenters. The van der Waals surface area contributed by atoms with Crippen molar-refractivity contribution in [2.75, 3.05) is 19.9 Å². The SMILES string of the molecule is CCO[C@@H](CC(=O)O)c1ccc(OCc2ccc(F)c(-c3ccc(OC[C@@H](CF)OC(C)=O)nc3C)c2)cc1. The smallest absolute Gasteiger partial charge is 0.306 e. The van der Waals surface area contributed by atoms with Crippen LogP contribution < -0.4 is 9.47 Å². The molecule has 0 amide bonds. The zero-order valence-corrected chi connectivity index (χ0v) is 22.0. The quantitative estimate of drug-likeness (QED) is 0.262. The number of pyridine rings is 1. The first-order chi connectivity index (χ1) is 18.7. The molecule has 1 aromatic heterocycles. The van der Waals surface area contributed by atoms with E-state index in [1.807, 2.05) is 0 Å². The lowest BCUT2D eigenvalue weighted by Crippen LogP contribution is -2.26. The molecule has 2 aromatic carbocycles. The second-order valence-electron chi connectivity index (χ2n) is 8.69. The van der Waals surface area contributed by atoms with Crippen LogP contribution in [-0.2, 0) is 25.7 Å². The summed E-state index contributed by atoms with van der Waals surface area (Å²) < 4.78 is 49.4. The Balaban J connectivity index is 1.67. The van der Waals surface area contributed by atoms with Crippen LogP contribution in [0.25, 0.3) is 11.1 Å². The molecule has 3 aromatic rings. The zero-order chi connectivity index (χ0) is 28.4. The fraction of sp³-hybridized carbons (Fsp3) is 0.345. The summed E-state index contributed by atoms with van der Waals surface area (Å²) in [5.74, 6) is -1.23. The molecule has 3 rings (SSSR count). The molecule has 0 fully saturated rings. The topological polar surface area (TPSA) is 104 Å². The molecule has 8 nitrogen and oxygen atoms in total. The van der Waals surface area contributed by atoms with Gasteiger partial charge in [-0.15, -0.1) is 0 Å². The van der Waals surface area contributed by atoms with Gasteiger partial charge in [-0.3, -0.25) is 9.59 Å². The van der Waals surface area contributed by atoms with Crippen molar-refractivity contribution in [3.8, 4) is 22.8 Å². The Hall–Kier alpha value is -4.05. The van der Waals surface area contributed by atoms with E-state index in [1.165, 1.54) is 19.1 Å². The molecule has 0 spiro atoms. The van der Waals surface area contributed by atoms with Gasteiger partial charge in [-0.05, 0) is 55.3 Å². The van der Waals surface area contributed by atoms with E-state index < -0.39 is 36.6 Å². The van der Waals surface area contributed by atoms with Crippen LogP contribution in [0.3, 0.4) is 0 Å². The minimum Gasteiger partial charge on any atom is -0.489 e. The minimum absolute atomic E-state index is 0.139. The summed E-state index contributed by atoms with van der Waals surface area (Å²) in [5, 5.41) is 9.10. The third-order valence-corrected chi connectivity index (χ3v) is 5.69. The molecule has 39 heavy (non-hydrogen) atoms. The molecule has 0 saturated carbocycles. The van der Waals surface area contributed by atoms with Crippen LogP contribution in [0.5, 0.6) is 11.6 Å². The highest BCUT2D eigenvalue weighted by molar-refractivity contribution is 5.68. The van der Waals surface area contributed by atoms with Crippen molar-refractivity contribution in [2.24, 2.45) is 0 Å². The molecular formula is C29H31F2NO7. The number of halogens is 2. The molecule has 0 bridgehead atoms. The van der Waals surface area contributed by atoms with E-state index >= 15 is 0 Å². The van der Waals surface area contributed by atoms with Crippen molar-refractivity contribution in [2.45, 2.75) is 46.0 Å². The normalized spacial score (nSPS) is 12.4. The van der Waals surface area contributed by atoms with Gasteiger partial charge in [0.25, 0.3) is 0 Å². The van der Waals surface area contributed by atoms with Gasteiger partial charge in [-0.1, -0.05) is 18.2 Å². The van der Waals surface area contributed by atoms with Gasteiger partial charge in [0.1, 0.15) is 31.5 Å². The predicted molar refractivity (Wildman–Crippen MR) is 139 cm³/mol. The molecule has 0 unspecified atom stereocenters. The number of benzene rings is 2. The number of carbonyl (C=O) groups is 2. The highest BCUT2D eigenvalue weighted by atomic mass is 19.1. The fourth-order valence-corrected chi connectivity index (χ4v) is 3.87. The second-order valence-corrected chi connectivity index (χ2v) is 8.69. The maximum absolute atomic E-state index is 14.7. The number of aromatic nitrogens is 1. The molecule has 0 radical (unpaired) electrons. The fourth-order valence-electron chi connectivity index (χ4n) is 3.87. The van der Waals surface area contributed by atoms with E-state index in [0.29, 0.717) is 29.2 Å². The van der Waals surface area contributed by atoms with E-state index in [0.717, 1.165) is 11.1 Å². The summed E-state index contributed by atoms with van der Waals surface area (Å²) in [6, 6.07) is 14.8. The number of ether oxygens (including phenoxy) is 4. The molecule has 0 aliphatic rings.